The van der Waals surface area contributed by atoms with Crippen LogP contribution in [0.25, 0.3) is 0 Å². The zero-order valence-corrected chi connectivity index (χ0v) is 12.7. The van der Waals surface area contributed by atoms with E-state index in [1.165, 1.54) is 16.7 Å². The molecule has 0 spiro atoms. The molecule has 0 saturated heterocycles. The fourth-order valence-corrected chi connectivity index (χ4v) is 2.82. The first-order chi connectivity index (χ1) is 10.3. The van der Waals surface area contributed by atoms with Crippen LogP contribution in [0.1, 0.15) is 30.0 Å². The van der Waals surface area contributed by atoms with Crippen molar-refractivity contribution in [2.75, 3.05) is 18.4 Å². The van der Waals surface area contributed by atoms with E-state index in [9.17, 15) is 0 Å². The van der Waals surface area contributed by atoms with E-state index in [0.29, 0.717) is 0 Å². The second-order valence-electron chi connectivity index (χ2n) is 5.71. The molecule has 3 heteroatoms. The normalized spacial score (nSPS) is 14.7. The molecular weight excluding hydrogens is 258 g/mol. The van der Waals surface area contributed by atoms with Gasteiger partial charge in [-0.05, 0) is 35.6 Å². The van der Waals surface area contributed by atoms with Crippen LogP contribution in [0.15, 0.2) is 42.6 Å². The second kappa shape index (κ2) is 6.72. The summed E-state index contributed by atoms with van der Waals surface area (Å²) in [5, 5.41) is 3.31. The lowest BCUT2D eigenvalue weighted by Gasteiger charge is -2.28. The van der Waals surface area contributed by atoms with E-state index >= 15 is 0 Å². The molecule has 3 nitrogen and oxygen atoms in total. The number of fused-ring (bicyclic) bond motifs is 1. The Bertz CT molecular complexity index is 577. The van der Waals surface area contributed by atoms with Crippen molar-refractivity contribution in [3.63, 3.8) is 0 Å². The van der Waals surface area contributed by atoms with E-state index in [-0.39, 0.29) is 0 Å². The summed E-state index contributed by atoms with van der Waals surface area (Å²) in [5.74, 6) is 0.976. The molecule has 0 radical (unpaired) electrons. The van der Waals surface area contributed by atoms with Gasteiger partial charge in [0.25, 0.3) is 0 Å². The third-order valence-electron chi connectivity index (χ3n) is 4.00. The summed E-state index contributed by atoms with van der Waals surface area (Å²) in [4.78, 5) is 6.99. The van der Waals surface area contributed by atoms with E-state index in [4.69, 9.17) is 0 Å². The quantitative estimate of drug-likeness (QED) is 0.909. The molecule has 110 valence electrons. The number of hydrogen-bond donors (Lipinski definition) is 1. The number of nitrogens with zero attached hydrogens (tertiary/aromatic N) is 2. The summed E-state index contributed by atoms with van der Waals surface area (Å²) in [7, 11) is 0. The van der Waals surface area contributed by atoms with Gasteiger partial charge in [0.1, 0.15) is 5.82 Å². The lowest BCUT2D eigenvalue weighted by atomic mass is 10.00. The minimum atomic E-state index is 0.976. The second-order valence-corrected chi connectivity index (χ2v) is 5.71. The average molecular weight is 281 g/mol. The minimum absolute atomic E-state index is 0.976. The number of aromatic nitrogens is 1. The molecule has 2 aromatic rings. The highest BCUT2D eigenvalue weighted by molar-refractivity contribution is 5.35. The predicted octanol–water partition coefficient (Wildman–Crippen LogP) is 3.46. The van der Waals surface area contributed by atoms with Crippen molar-refractivity contribution in [1.29, 1.82) is 0 Å². The number of benzene rings is 1. The van der Waals surface area contributed by atoms with Gasteiger partial charge in [-0.15, -0.1) is 0 Å². The first kappa shape index (κ1) is 14.1. The fourth-order valence-electron chi connectivity index (χ4n) is 2.82. The molecule has 0 saturated carbocycles. The van der Waals surface area contributed by atoms with Crippen LogP contribution >= 0.6 is 0 Å². The molecule has 21 heavy (non-hydrogen) atoms. The molecule has 2 heterocycles. The van der Waals surface area contributed by atoms with Gasteiger partial charge in [0, 0.05) is 32.4 Å². The summed E-state index contributed by atoms with van der Waals surface area (Å²) in [5.41, 5.74) is 4.26. The summed E-state index contributed by atoms with van der Waals surface area (Å²) < 4.78 is 0. The van der Waals surface area contributed by atoms with Crippen molar-refractivity contribution in [2.24, 2.45) is 0 Å². The first-order valence-corrected chi connectivity index (χ1v) is 7.83. The molecule has 1 N–H and O–H groups in total. The van der Waals surface area contributed by atoms with Crippen LogP contribution in [-0.4, -0.2) is 23.0 Å². The van der Waals surface area contributed by atoms with Crippen LogP contribution in [0.2, 0.25) is 0 Å². The van der Waals surface area contributed by atoms with Crippen LogP contribution in [0.3, 0.4) is 0 Å². The summed E-state index contributed by atoms with van der Waals surface area (Å²) in [6.45, 7) is 6.30. The molecule has 1 aliphatic heterocycles. The van der Waals surface area contributed by atoms with Crippen molar-refractivity contribution in [1.82, 2.24) is 9.88 Å². The van der Waals surface area contributed by atoms with Gasteiger partial charge >= 0.3 is 0 Å². The van der Waals surface area contributed by atoms with Gasteiger partial charge < -0.3 is 5.32 Å². The number of nitrogens with one attached hydrogen (secondary N) is 1. The first-order valence-electron chi connectivity index (χ1n) is 7.83. The van der Waals surface area contributed by atoms with E-state index in [2.05, 4.69) is 58.5 Å². The smallest absolute Gasteiger partial charge is 0.125 e. The molecule has 3 rings (SSSR count). The average Bonchev–Trinajstić information content (AvgIpc) is 2.54. The van der Waals surface area contributed by atoms with Gasteiger partial charge in [0.2, 0.25) is 0 Å². The van der Waals surface area contributed by atoms with Gasteiger partial charge in [-0.25, -0.2) is 4.98 Å². The Morgan fingerprint density at radius 3 is 2.76 bits per heavy atom. The van der Waals surface area contributed by atoms with Crippen molar-refractivity contribution in [3.05, 3.63) is 59.3 Å². The molecule has 0 atom stereocenters. The van der Waals surface area contributed by atoms with E-state index in [1.54, 1.807) is 0 Å². The zero-order chi connectivity index (χ0) is 14.5. The summed E-state index contributed by atoms with van der Waals surface area (Å²) in [6.07, 6.45) is 4.27. The van der Waals surface area contributed by atoms with Gasteiger partial charge in [0.15, 0.2) is 0 Å². The molecule has 0 fully saturated rings. The van der Waals surface area contributed by atoms with Crippen LogP contribution in [0.5, 0.6) is 0 Å². The molecule has 1 aromatic heterocycles. The topological polar surface area (TPSA) is 28.2 Å². The lowest BCUT2D eigenvalue weighted by Crippen LogP contribution is -2.30. The monoisotopic (exact) mass is 281 g/mol. The number of anilines is 1. The van der Waals surface area contributed by atoms with Crippen LogP contribution in [0.4, 0.5) is 5.82 Å². The zero-order valence-electron chi connectivity index (χ0n) is 12.7. The Labute approximate surface area is 127 Å². The fraction of sp³-hybridized carbons (Fsp3) is 0.389. The van der Waals surface area contributed by atoms with E-state index in [1.807, 2.05) is 6.20 Å². The van der Waals surface area contributed by atoms with Gasteiger partial charge in [-0.1, -0.05) is 37.3 Å². The Kier molecular flexibility index (Phi) is 4.51. The van der Waals surface area contributed by atoms with Crippen LogP contribution < -0.4 is 5.32 Å². The van der Waals surface area contributed by atoms with Crippen molar-refractivity contribution in [2.45, 2.75) is 32.9 Å². The third-order valence-corrected chi connectivity index (χ3v) is 4.00. The standard InChI is InChI=1S/C18H23N3/c1-2-10-19-18-8-7-15(12-20-18)13-21-11-9-16-5-3-4-6-17(16)14-21/h3-8,12H,2,9-11,13-14H2,1H3,(H,19,20). The van der Waals surface area contributed by atoms with Crippen molar-refractivity contribution >= 4 is 5.82 Å². The SMILES string of the molecule is CCCNc1ccc(CN2CCc3ccccc3C2)cn1. The third kappa shape index (κ3) is 3.61. The highest BCUT2D eigenvalue weighted by atomic mass is 15.1. The highest BCUT2D eigenvalue weighted by Crippen LogP contribution is 2.20. The Hall–Kier alpha value is -1.87. The van der Waals surface area contributed by atoms with E-state index in [0.717, 1.165) is 44.8 Å². The number of rotatable bonds is 5. The van der Waals surface area contributed by atoms with Crippen LogP contribution in [0, 0.1) is 0 Å². The Morgan fingerprint density at radius 2 is 2.00 bits per heavy atom. The minimum Gasteiger partial charge on any atom is -0.370 e. The van der Waals surface area contributed by atoms with Crippen molar-refractivity contribution in [3.8, 4) is 0 Å². The van der Waals surface area contributed by atoms with E-state index < -0.39 is 0 Å². The summed E-state index contributed by atoms with van der Waals surface area (Å²) >= 11 is 0. The number of pyridine rings is 1. The Balaban J connectivity index is 1.60. The molecule has 0 unspecified atom stereocenters. The van der Waals surface area contributed by atoms with Gasteiger partial charge in [0.05, 0.1) is 0 Å². The largest absolute Gasteiger partial charge is 0.370 e. The molecule has 0 bridgehead atoms. The highest BCUT2D eigenvalue weighted by Gasteiger charge is 2.15. The van der Waals surface area contributed by atoms with Crippen LogP contribution in [-0.2, 0) is 19.5 Å². The summed E-state index contributed by atoms with van der Waals surface area (Å²) in [6, 6.07) is 13.0. The van der Waals surface area contributed by atoms with Gasteiger partial charge in [-0.2, -0.15) is 0 Å². The molecule has 1 aromatic carbocycles. The predicted molar refractivity (Wildman–Crippen MR) is 87.3 cm³/mol. The maximum Gasteiger partial charge on any atom is 0.125 e. The maximum absolute atomic E-state index is 4.49. The van der Waals surface area contributed by atoms with Gasteiger partial charge in [-0.3, -0.25) is 4.90 Å². The molecular formula is C18H23N3. The number of hydrogen-bond acceptors (Lipinski definition) is 3. The lowest BCUT2D eigenvalue weighted by molar-refractivity contribution is 0.245. The maximum atomic E-state index is 4.49. The molecule has 0 aliphatic carbocycles. The molecule has 0 amide bonds. The Morgan fingerprint density at radius 1 is 1.14 bits per heavy atom. The molecule has 1 aliphatic rings. The van der Waals surface area contributed by atoms with Crippen molar-refractivity contribution < 1.29 is 0 Å².